The quantitative estimate of drug-likeness (QED) is 0.825. The molecule has 0 saturated carbocycles. The fourth-order valence-electron chi connectivity index (χ4n) is 2.18. The van der Waals surface area contributed by atoms with E-state index in [9.17, 15) is 0 Å². The monoisotopic (exact) mass is 276 g/mol. The first-order valence-corrected chi connectivity index (χ1v) is 6.38. The summed E-state index contributed by atoms with van der Waals surface area (Å²) >= 11 is 5.87. The summed E-state index contributed by atoms with van der Waals surface area (Å²) < 4.78 is 5.62. The van der Waals surface area contributed by atoms with Crippen LogP contribution in [0.3, 0.4) is 0 Å². The molecular formula is C13H13ClN4O. The van der Waals surface area contributed by atoms with Crippen LogP contribution < -0.4 is 15.8 Å². The third-order valence-corrected chi connectivity index (χ3v) is 3.19. The first kappa shape index (κ1) is 12.0. The predicted octanol–water partition coefficient (Wildman–Crippen LogP) is 2.65. The maximum atomic E-state index is 5.87. The molecule has 3 rings (SSSR count). The smallest absolute Gasteiger partial charge is 0.223 e. The van der Waals surface area contributed by atoms with E-state index in [2.05, 4.69) is 15.3 Å². The summed E-state index contributed by atoms with van der Waals surface area (Å²) in [5.74, 6) is 1.69. The van der Waals surface area contributed by atoms with Crippen molar-refractivity contribution in [2.75, 3.05) is 17.7 Å². The standard InChI is InChI=1S/C13H13ClN4O/c14-11-7-12(18-13(15)17-11)16-9-5-6-19-10-4-2-1-3-8(9)10/h1-4,7,9H,5-6H2,(H3,15,16,17,18). The molecule has 1 atom stereocenters. The molecule has 3 N–H and O–H groups in total. The molecule has 0 saturated heterocycles. The molecule has 98 valence electrons. The fraction of sp³-hybridized carbons (Fsp3) is 0.231. The lowest BCUT2D eigenvalue weighted by molar-refractivity contribution is 0.274. The zero-order valence-electron chi connectivity index (χ0n) is 10.1. The zero-order chi connectivity index (χ0) is 13.2. The largest absolute Gasteiger partial charge is 0.493 e. The lowest BCUT2D eigenvalue weighted by atomic mass is 10.0. The van der Waals surface area contributed by atoms with Crippen molar-refractivity contribution in [1.82, 2.24) is 9.97 Å². The molecule has 1 aromatic carbocycles. The average molecular weight is 277 g/mol. The van der Waals surface area contributed by atoms with Gasteiger partial charge in [0, 0.05) is 18.1 Å². The minimum Gasteiger partial charge on any atom is -0.493 e. The highest BCUT2D eigenvalue weighted by Crippen LogP contribution is 2.33. The molecule has 2 aromatic rings. The number of rotatable bonds is 2. The van der Waals surface area contributed by atoms with Gasteiger partial charge < -0.3 is 15.8 Å². The normalized spacial score (nSPS) is 17.4. The fourth-order valence-corrected chi connectivity index (χ4v) is 2.37. The maximum absolute atomic E-state index is 5.87. The molecular weight excluding hydrogens is 264 g/mol. The molecule has 1 aromatic heterocycles. The minimum atomic E-state index is 0.135. The first-order chi connectivity index (χ1) is 9.22. The van der Waals surface area contributed by atoms with Gasteiger partial charge in [0.1, 0.15) is 16.7 Å². The van der Waals surface area contributed by atoms with Crippen LogP contribution in [0.25, 0.3) is 0 Å². The van der Waals surface area contributed by atoms with E-state index >= 15 is 0 Å². The third kappa shape index (κ3) is 2.56. The Morgan fingerprint density at radius 3 is 3.00 bits per heavy atom. The van der Waals surface area contributed by atoms with Crippen molar-refractivity contribution < 1.29 is 4.74 Å². The van der Waals surface area contributed by atoms with Crippen molar-refractivity contribution in [1.29, 1.82) is 0 Å². The van der Waals surface area contributed by atoms with Gasteiger partial charge in [-0.1, -0.05) is 29.8 Å². The van der Waals surface area contributed by atoms with Gasteiger partial charge in [0.05, 0.1) is 12.6 Å². The number of anilines is 2. The van der Waals surface area contributed by atoms with Crippen LogP contribution in [-0.4, -0.2) is 16.6 Å². The van der Waals surface area contributed by atoms with Crippen LogP contribution in [0, 0.1) is 0 Å². The Balaban J connectivity index is 1.88. The van der Waals surface area contributed by atoms with Crippen molar-refractivity contribution in [3.8, 4) is 5.75 Å². The zero-order valence-corrected chi connectivity index (χ0v) is 10.9. The summed E-state index contributed by atoms with van der Waals surface area (Å²) in [6.07, 6.45) is 0.860. The number of ether oxygens (including phenoxy) is 1. The molecule has 19 heavy (non-hydrogen) atoms. The Morgan fingerprint density at radius 1 is 1.32 bits per heavy atom. The second-order valence-electron chi connectivity index (χ2n) is 4.31. The van der Waals surface area contributed by atoms with Gasteiger partial charge in [-0.25, -0.2) is 4.98 Å². The Bertz CT molecular complexity index is 585. The Kier molecular flexibility index (Phi) is 3.13. The number of hydrogen-bond acceptors (Lipinski definition) is 5. The maximum Gasteiger partial charge on any atom is 0.223 e. The van der Waals surface area contributed by atoms with Gasteiger partial charge in [0.2, 0.25) is 5.95 Å². The molecule has 1 aliphatic heterocycles. The molecule has 2 heterocycles. The van der Waals surface area contributed by atoms with Crippen molar-refractivity contribution in [3.63, 3.8) is 0 Å². The van der Waals surface area contributed by atoms with Crippen LogP contribution in [-0.2, 0) is 0 Å². The minimum absolute atomic E-state index is 0.135. The van der Waals surface area contributed by atoms with Gasteiger partial charge in [0.25, 0.3) is 0 Å². The van der Waals surface area contributed by atoms with Crippen molar-refractivity contribution in [2.45, 2.75) is 12.5 Å². The number of para-hydroxylation sites is 1. The highest BCUT2D eigenvalue weighted by molar-refractivity contribution is 6.29. The van der Waals surface area contributed by atoms with Crippen LogP contribution in [0.4, 0.5) is 11.8 Å². The summed E-state index contributed by atoms with van der Waals surface area (Å²) in [7, 11) is 0. The van der Waals surface area contributed by atoms with E-state index in [1.807, 2.05) is 24.3 Å². The Hall–Kier alpha value is -2.01. The summed E-state index contributed by atoms with van der Waals surface area (Å²) in [5, 5.41) is 3.65. The van der Waals surface area contributed by atoms with Crippen LogP contribution in [0.2, 0.25) is 5.15 Å². The van der Waals surface area contributed by atoms with Gasteiger partial charge in [-0.15, -0.1) is 0 Å². The van der Waals surface area contributed by atoms with E-state index in [0.29, 0.717) is 17.6 Å². The lowest BCUT2D eigenvalue weighted by Crippen LogP contribution is -2.21. The molecule has 0 bridgehead atoms. The second kappa shape index (κ2) is 4.93. The van der Waals surface area contributed by atoms with Crippen LogP contribution in [0.1, 0.15) is 18.0 Å². The number of nitrogens with one attached hydrogen (secondary N) is 1. The summed E-state index contributed by atoms with van der Waals surface area (Å²) in [4.78, 5) is 7.97. The number of nitrogens with zero attached hydrogens (tertiary/aromatic N) is 2. The van der Waals surface area contributed by atoms with E-state index in [4.69, 9.17) is 22.1 Å². The number of fused-ring (bicyclic) bond motifs is 1. The molecule has 5 nitrogen and oxygen atoms in total. The van der Waals surface area contributed by atoms with Crippen molar-refractivity contribution in [3.05, 3.63) is 41.0 Å². The Morgan fingerprint density at radius 2 is 2.16 bits per heavy atom. The molecule has 6 heteroatoms. The van der Waals surface area contributed by atoms with Crippen LogP contribution in [0.15, 0.2) is 30.3 Å². The van der Waals surface area contributed by atoms with Crippen molar-refractivity contribution in [2.24, 2.45) is 0 Å². The molecule has 1 aliphatic rings. The highest BCUT2D eigenvalue weighted by Gasteiger charge is 2.21. The van der Waals surface area contributed by atoms with E-state index in [1.54, 1.807) is 6.07 Å². The summed E-state index contributed by atoms with van der Waals surface area (Å²) in [6, 6.07) is 9.75. The van der Waals surface area contributed by atoms with E-state index < -0.39 is 0 Å². The summed E-state index contributed by atoms with van der Waals surface area (Å²) in [5.41, 5.74) is 6.70. The van der Waals surface area contributed by atoms with Crippen LogP contribution >= 0.6 is 11.6 Å². The Labute approximate surface area is 115 Å². The van der Waals surface area contributed by atoms with E-state index in [0.717, 1.165) is 17.7 Å². The number of benzene rings is 1. The first-order valence-electron chi connectivity index (χ1n) is 6.01. The average Bonchev–Trinajstić information content (AvgIpc) is 2.38. The molecule has 0 fully saturated rings. The summed E-state index contributed by atoms with van der Waals surface area (Å²) in [6.45, 7) is 0.670. The van der Waals surface area contributed by atoms with E-state index in [1.165, 1.54) is 0 Å². The predicted molar refractivity (Wildman–Crippen MR) is 74.4 cm³/mol. The second-order valence-corrected chi connectivity index (χ2v) is 4.69. The van der Waals surface area contributed by atoms with Gasteiger partial charge in [0.15, 0.2) is 0 Å². The topological polar surface area (TPSA) is 73.1 Å². The number of halogens is 1. The van der Waals surface area contributed by atoms with Crippen molar-refractivity contribution >= 4 is 23.4 Å². The van der Waals surface area contributed by atoms with Gasteiger partial charge in [-0.2, -0.15) is 4.98 Å². The molecule has 0 aliphatic carbocycles. The number of nitrogen functional groups attached to an aromatic ring is 1. The number of nitrogens with two attached hydrogens (primary N) is 1. The lowest BCUT2D eigenvalue weighted by Gasteiger charge is -2.27. The molecule has 0 spiro atoms. The van der Waals surface area contributed by atoms with E-state index in [-0.39, 0.29) is 12.0 Å². The molecule has 1 unspecified atom stereocenters. The molecule has 0 amide bonds. The SMILES string of the molecule is Nc1nc(Cl)cc(NC2CCOc3ccccc32)n1. The van der Waals surface area contributed by atoms with Gasteiger partial charge >= 0.3 is 0 Å². The van der Waals surface area contributed by atoms with Crippen LogP contribution in [0.5, 0.6) is 5.75 Å². The van der Waals surface area contributed by atoms with Gasteiger partial charge in [-0.05, 0) is 6.07 Å². The number of aromatic nitrogens is 2. The third-order valence-electron chi connectivity index (χ3n) is 2.99. The van der Waals surface area contributed by atoms with Gasteiger partial charge in [-0.3, -0.25) is 0 Å². The molecule has 0 radical (unpaired) electrons. The number of hydrogen-bond donors (Lipinski definition) is 2. The highest BCUT2D eigenvalue weighted by atomic mass is 35.5.